The van der Waals surface area contributed by atoms with Crippen molar-refractivity contribution in [2.24, 2.45) is 0 Å². The van der Waals surface area contributed by atoms with Gasteiger partial charge in [-0.2, -0.15) is 0 Å². The molecular formula is C29H21ClFNO4S. The number of carbonyl (C=O) groups excluding carboxylic acids is 2. The molecule has 2 amide bonds. The number of thioether (sulfide) groups is 1. The largest absolute Gasteiger partial charge is 0.493 e. The van der Waals surface area contributed by atoms with E-state index in [4.69, 9.17) is 21.1 Å². The highest BCUT2D eigenvalue weighted by atomic mass is 35.5. The maximum atomic E-state index is 14.2. The third kappa shape index (κ3) is 5.19. The molecule has 1 heterocycles. The number of methoxy groups -OCH3 is 1. The van der Waals surface area contributed by atoms with Crippen LogP contribution in [-0.4, -0.2) is 23.2 Å². The van der Waals surface area contributed by atoms with Crippen molar-refractivity contribution in [3.63, 3.8) is 0 Å². The number of imide groups is 1. The molecule has 0 atom stereocenters. The zero-order chi connectivity index (χ0) is 25.9. The van der Waals surface area contributed by atoms with Crippen LogP contribution in [-0.2, 0) is 17.9 Å². The molecule has 186 valence electrons. The minimum atomic E-state index is -0.470. The number of amides is 2. The van der Waals surface area contributed by atoms with Gasteiger partial charge < -0.3 is 9.47 Å². The maximum Gasteiger partial charge on any atom is 0.293 e. The Morgan fingerprint density at radius 1 is 0.973 bits per heavy atom. The minimum absolute atomic E-state index is 0.104. The van der Waals surface area contributed by atoms with Crippen LogP contribution in [0.15, 0.2) is 83.8 Å². The molecule has 4 aromatic rings. The Labute approximate surface area is 222 Å². The number of benzene rings is 4. The third-order valence-corrected chi connectivity index (χ3v) is 7.26. The van der Waals surface area contributed by atoms with E-state index in [9.17, 15) is 14.0 Å². The van der Waals surface area contributed by atoms with Gasteiger partial charge in [-0.25, -0.2) is 4.39 Å². The summed E-state index contributed by atoms with van der Waals surface area (Å²) in [4.78, 5) is 27.5. The molecule has 5 rings (SSSR count). The van der Waals surface area contributed by atoms with Crippen LogP contribution in [0.2, 0.25) is 5.02 Å². The summed E-state index contributed by atoms with van der Waals surface area (Å²) in [5.41, 5.74) is 1.76. The molecule has 4 aromatic carbocycles. The average molecular weight is 534 g/mol. The molecule has 1 aliphatic heterocycles. The second-order valence-corrected chi connectivity index (χ2v) is 9.71. The van der Waals surface area contributed by atoms with Crippen molar-refractivity contribution in [3.8, 4) is 11.5 Å². The van der Waals surface area contributed by atoms with Gasteiger partial charge in [-0.3, -0.25) is 14.5 Å². The first-order valence-corrected chi connectivity index (χ1v) is 12.6. The first kappa shape index (κ1) is 24.9. The molecule has 0 radical (unpaired) electrons. The predicted octanol–water partition coefficient (Wildman–Crippen LogP) is 7.46. The average Bonchev–Trinajstić information content (AvgIpc) is 3.16. The maximum absolute atomic E-state index is 14.2. The van der Waals surface area contributed by atoms with Gasteiger partial charge in [0.1, 0.15) is 12.4 Å². The van der Waals surface area contributed by atoms with Gasteiger partial charge in [-0.15, -0.1) is 0 Å². The van der Waals surface area contributed by atoms with Gasteiger partial charge in [0.05, 0.1) is 23.6 Å². The SMILES string of the molecule is COc1ccc(/C=C2\SC(=O)N(Cc3cccc4ccccc34)C2=O)cc1OCc1c(F)cccc1Cl. The summed E-state index contributed by atoms with van der Waals surface area (Å²) < 4.78 is 25.4. The lowest BCUT2D eigenvalue weighted by Gasteiger charge is -2.14. The molecule has 0 saturated carbocycles. The van der Waals surface area contributed by atoms with Crippen LogP contribution in [0.5, 0.6) is 11.5 Å². The Bertz CT molecular complexity index is 1530. The smallest absolute Gasteiger partial charge is 0.293 e. The fourth-order valence-corrected chi connectivity index (χ4v) is 5.16. The number of carbonyl (C=O) groups is 2. The Morgan fingerprint density at radius 3 is 2.57 bits per heavy atom. The lowest BCUT2D eigenvalue weighted by Crippen LogP contribution is -2.27. The van der Waals surface area contributed by atoms with Crippen LogP contribution < -0.4 is 9.47 Å². The number of hydrogen-bond donors (Lipinski definition) is 0. The number of nitrogens with zero attached hydrogens (tertiary/aromatic N) is 1. The van der Waals surface area contributed by atoms with Crippen LogP contribution in [0.4, 0.5) is 9.18 Å². The van der Waals surface area contributed by atoms with Crippen LogP contribution in [0, 0.1) is 5.82 Å². The minimum Gasteiger partial charge on any atom is -0.493 e. The van der Waals surface area contributed by atoms with Crippen LogP contribution in [0.1, 0.15) is 16.7 Å². The van der Waals surface area contributed by atoms with E-state index in [0.717, 1.165) is 28.1 Å². The lowest BCUT2D eigenvalue weighted by atomic mass is 10.0. The monoisotopic (exact) mass is 533 g/mol. The van der Waals surface area contributed by atoms with E-state index in [2.05, 4.69) is 0 Å². The molecule has 0 bridgehead atoms. The number of halogens is 2. The molecule has 37 heavy (non-hydrogen) atoms. The van der Waals surface area contributed by atoms with Crippen LogP contribution in [0.3, 0.4) is 0 Å². The van der Waals surface area contributed by atoms with Gasteiger partial charge in [0.2, 0.25) is 0 Å². The zero-order valence-corrected chi connectivity index (χ0v) is 21.3. The van der Waals surface area contributed by atoms with E-state index < -0.39 is 5.82 Å². The van der Waals surface area contributed by atoms with Crippen molar-refractivity contribution in [2.45, 2.75) is 13.2 Å². The van der Waals surface area contributed by atoms with Crippen molar-refractivity contribution in [2.75, 3.05) is 7.11 Å². The lowest BCUT2D eigenvalue weighted by molar-refractivity contribution is -0.123. The van der Waals surface area contributed by atoms with Crippen molar-refractivity contribution in [1.82, 2.24) is 4.90 Å². The molecule has 0 aromatic heterocycles. The van der Waals surface area contributed by atoms with Gasteiger partial charge in [0.15, 0.2) is 11.5 Å². The summed E-state index contributed by atoms with van der Waals surface area (Å²) in [5.74, 6) is -0.0407. The standard InChI is InChI=1S/C29H21ClFNO4S/c1-35-25-13-12-18(14-26(25)36-17-22-23(30)10-5-11-24(22)31)15-27-28(33)32(29(34)37-27)16-20-8-4-7-19-6-2-3-9-21(19)20/h2-15H,16-17H2,1H3/b27-15-. The molecule has 0 spiro atoms. The molecule has 0 aliphatic carbocycles. The van der Waals surface area contributed by atoms with Crippen molar-refractivity contribution < 1.29 is 23.5 Å². The fourth-order valence-electron chi connectivity index (χ4n) is 4.10. The highest BCUT2D eigenvalue weighted by Crippen LogP contribution is 2.36. The normalized spacial score (nSPS) is 14.6. The van der Waals surface area contributed by atoms with E-state index in [-0.39, 0.29) is 34.9 Å². The molecule has 0 N–H and O–H groups in total. The summed E-state index contributed by atoms with van der Waals surface area (Å²) >= 11 is 7.00. The Hall–Kier alpha value is -3.81. The van der Waals surface area contributed by atoms with E-state index in [1.165, 1.54) is 24.1 Å². The van der Waals surface area contributed by atoms with Gasteiger partial charge in [-0.1, -0.05) is 66.2 Å². The van der Waals surface area contributed by atoms with Gasteiger partial charge in [0, 0.05) is 5.56 Å². The van der Waals surface area contributed by atoms with Gasteiger partial charge >= 0.3 is 0 Å². The number of hydrogen-bond acceptors (Lipinski definition) is 5. The molecule has 1 saturated heterocycles. The third-order valence-electron chi connectivity index (χ3n) is 6.00. The van der Waals surface area contributed by atoms with E-state index in [0.29, 0.717) is 22.0 Å². The second-order valence-electron chi connectivity index (χ2n) is 8.31. The highest BCUT2D eigenvalue weighted by molar-refractivity contribution is 8.18. The zero-order valence-electron chi connectivity index (χ0n) is 19.7. The molecule has 1 fully saturated rings. The van der Waals surface area contributed by atoms with Crippen molar-refractivity contribution in [1.29, 1.82) is 0 Å². The predicted molar refractivity (Wildman–Crippen MR) is 144 cm³/mol. The number of rotatable bonds is 7. The van der Waals surface area contributed by atoms with Gasteiger partial charge in [-0.05, 0) is 64.0 Å². The summed E-state index contributed by atoms with van der Waals surface area (Å²) in [5, 5.41) is 1.98. The first-order chi connectivity index (χ1) is 17.9. The topological polar surface area (TPSA) is 55.8 Å². The van der Waals surface area contributed by atoms with Crippen molar-refractivity contribution in [3.05, 3.63) is 111 Å². The van der Waals surface area contributed by atoms with Crippen LogP contribution in [0.25, 0.3) is 16.8 Å². The van der Waals surface area contributed by atoms with Crippen LogP contribution >= 0.6 is 23.4 Å². The van der Waals surface area contributed by atoms with Crippen molar-refractivity contribution >= 4 is 51.4 Å². The fraction of sp³-hybridized carbons (Fsp3) is 0.103. The van der Waals surface area contributed by atoms with E-state index in [1.54, 1.807) is 30.3 Å². The van der Waals surface area contributed by atoms with E-state index in [1.807, 2.05) is 42.5 Å². The summed E-state index contributed by atoms with van der Waals surface area (Å²) in [7, 11) is 1.50. The molecule has 5 nitrogen and oxygen atoms in total. The summed E-state index contributed by atoms with van der Waals surface area (Å²) in [6.45, 7) is 0.0800. The summed E-state index contributed by atoms with van der Waals surface area (Å²) in [6, 6.07) is 23.2. The number of fused-ring (bicyclic) bond motifs is 1. The number of ether oxygens (including phenoxy) is 2. The second kappa shape index (κ2) is 10.7. The Kier molecular flexibility index (Phi) is 7.17. The quantitative estimate of drug-likeness (QED) is 0.231. The highest BCUT2D eigenvalue weighted by Gasteiger charge is 2.35. The molecular weight excluding hydrogens is 513 g/mol. The van der Waals surface area contributed by atoms with Gasteiger partial charge in [0.25, 0.3) is 11.1 Å². The van der Waals surface area contributed by atoms with E-state index >= 15 is 0 Å². The Morgan fingerprint density at radius 2 is 1.76 bits per heavy atom. The first-order valence-electron chi connectivity index (χ1n) is 11.4. The molecule has 0 unspecified atom stereocenters. The molecule has 1 aliphatic rings. The molecule has 8 heteroatoms. The summed E-state index contributed by atoms with van der Waals surface area (Å²) in [6.07, 6.45) is 1.64. The Balaban J connectivity index is 1.37.